The second kappa shape index (κ2) is 2.85. The van der Waals surface area contributed by atoms with Crippen LogP contribution in [0, 0.1) is 5.82 Å². The van der Waals surface area contributed by atoms with Gasteiger partial charge in [0.05, 0.1) is 5.39 Å². The summed E-state index contributed by atoms with van der Waals surface area (Å²) in [6, 6.07) is 5.16. The summed E-state index contributed by atoms with van der Waals surface area (Å²) in [5.74, 6) is -0.336. The van der Waals surface area contributed by atoms with E-state index in [1.165, 1.54) is 0 Å². The molecule has 0 amide bonds. The van der Waals surface area contributed by atoms with Crippen molar-refractivity contribution in [1.29, 1.82) is 0 Å². The smallest absolute Gasteiger partial charge is 0.169 e. The number of fused-ring (bicyclic) bond motifs is 1. The Morgan fingerprint density at radius 1 is 1.46 bits per heavy atom. The van der Waals surface area contributed by atoms with E-state index >= 15 is 0 Å². The molecule has 68 valence electrons. The number of furan rings is 1. The number of nitrogens with two attached hydrogens (primary N) is 1. The maximum absolute atomic E-state index is 13.1. The van der Waals surface area contributed by atoms with Crippen LogP contribution in [0.5, 0.6) is 0 Å². The van der Waals surface area contributed by atoms with Crippen molar-refractivity contribution in [2.75, 3.05) is 0 Å². The third-order valence-corrected chi connectivity index (χ3v) is 2.07. The van der Waals surface area contributed by atoms with Gasteiger partial charge in [0.25, 0.3) is 0 Å². The monoisotopic (exact) mass is 179 g/mol. The van der Waals surface area contributed by atoms with Gasteiger partial charge in [0.1, 0.15) is 11.8 Å². The Labute approximate surface area is 75.1 Å². The zero-order valence-electron chi connectivity index (χ0n) is 7.25. The van der Waals surface area contributed by atoms with Crippen molar-refractivity contribution >= 4 is 11.0 Å². The summed E-state index contributed by atoms with van der Waals surface area (Å²) in [6.07, 6.45) is 1.11. The van der Waals surface area contributed by atoms with Gasteiger partial charge in [-0.1, -0.05) is 12.1 Å². The second-order valence-corrected chi connectivity index (χ2v) is 3.10. The predicted molar refractivity (Wildman–Crippen MR) is 48.8 cm³/mol. The van der Waals surface area contributed by atoms with Crippen LogP contribution < -0.4 is 5.73 Å². The second-order valence-electron chi connectivity index (χ2n) is 3.10. The zero-order valence-corrected chi connectivity index (χ0v) is 7.25. The van der Waals surface area contributed by atoms with Crippen LogP contribution in [0.3, 0.4) is 0 Å². The first-order chi connectivity index (χ1) is 6.20. The highest BCUT2D eigenvalue weighted by molar-refractivity contribution is 5.81. The zero-order chi connectivity index (χ0) is 9.42. The average molecular weight is 179 g/mol. The minimum absolute atomic E-state index is 0.144. The molecule has 0 unspecified atom stereocenters. The van der Waals surface area contributed by atoms with E-state index < -0.39 is 0 Å². The highest BCUT2D eigenvalue weighted by Gasteiger charge is 2.11. The maximum Gasteiger partial charge on any atom is 0.169 e. The van der Waals surface area contributed by atoms with Crippen LogP contribution in [-0.4, -0.2) is 0 Å². The molecular formula is C10H10FNO. The van der Waals surface area contributed by atoms with Gasteiger partial charge in [0.15, 0.2) is 5.82 Å². The topological polar surface area (TPSA) is 39.2 Å². The fourth-order valence-electron chi connectivity index (χ4n) is 1.41. The van der Waals surface area contributed by atoms with Crippen LogP contribution in [0.25, 0.3) is 11.0 Å². The molecule has 1 aromatic carbocycles. The summed E-state index contributed by atoms with van der Waals surface area (Å²) < 4.78 is 18.1. The summed E-state index contributed by atoms with van der Waals surface area (Å²) in [5.41, 5.74) is 7.09. The molecule has 0 saturated heterocycles. The molecule has 0 radical (unpaired) electrons. The summed E-state index contributed by atoms with van der Waals surface area (Å²) in [7, 11) is 0. The molecule has 3 heteroatoms. The van der Waals surface area contributed by atoms with E-state index in [9.17, 15) is 4.39 Å². The Morgan fingerprint density at radius 3 is 2.92 bits per heavy atom. The van der Waals surface area contributed by atoms with Gasteiger partial charge >= 0.3 is 0 Å². The SMILES string of the molecule is C[C@H](N)c1cccc2c(F)coc12. The Morgan fingerprint density at radius 2 is 2.23 bits per heavy atom. The molecule has 0 aliphatic heterocycles. The van der Waals surface area contributed by atoms with Crippen LogP contribution in [0.4, 0.5) is 4.39 Å². The van der Waals surface area contributed by atoms with Crippen LogP contribution in [0.15, 0.2) is 28.9 Å². The predicted octanol–water partition coefficient (Wildman–Crippen LogP) is 2.59. The normalized spacial score (nSPS) is 13.5. The highest BCUT2D eigenvalue weighted by Crippen LogP contribution is 2.26. The Hall–Kier alpha value is -1.35. The summed E-state index contributed by atoms with van der Waals surface area (Å²) in [5, 5.41) is 0.495. The Balaban J connectivity index is 2.77. The van der Waals surface area contributed by atoms with Gasteiger partial charge in [0.2, 0.25) is 0 Å². The molecule has 1 heterocycles. The highest BCUT2D eigenvalue weighted by atomic mass is 19.1. The van der Waals surface area contributed by atoms with Gasteiger partial charge in [-0.15, -0.1) is 0 Å². The standard InChI is InChI=1S/C10H10FNO/c1-6(12)7-3-2-4-8-9(11)5-13-10(7)8/h2-6H,12H2,1H3/t6-/m0/s1. The molecule has 1 atom stereocenters. The van der Waals surface area contributed by atoms with Crippen molar-refractivity contribution in [1.82, 2.24) is 0 Å². The number of rotatable bonds is 1. The van der Waals surface area contributed by atoms with E-state index in [4.69, 9.17) is 10.2 Å². The molecule has 0 saturated carbocycles. The minimum Gasteiger partial charge on any atom is -0.461 e. The lowest BCUT2D eigenvalue weighted by molar-refractivity contribution is 0.554. The van der Waals surface area contributed by atoms with Crippen molar-refractivity contribution in [2.45, 2.75) is 13.0 Å². The van der Waals surface area contributed by atoms with Gasteiger partial charge in [-0.25, -0.2) is 4.39 Å². The molecule has 2 aromatic rings. The first-order valence-corrected chi connectivity index (χ1v) is 4.11. The molecule has 0 spiro atoms. The fraction of sp³-hybridized carbons (Fsp3) is 0.200. The van der Waals surface area contributed by atoms with E-state index in [0.717, 1.165) is 11.8 Å². The Bertz CT molecular complexity index is 433. The summed E-state index contributed by atoms with van der Waals surface area (Å²) in [6.45, 7) is 1.84. The summed E-state index contributed by atoms with van der Waals surface area (Å²) >= 11 is 0. The molecule has 0 fully saturated rings. The van der Waals surface area contributed by atoms with Gasteiger partial charge < -0.3 is 10.2 Å². The quantitative estimate of drug-likeness (QED) is 0.730. The number of benzene rings is 1. The largest absolute Gasteiger partial charge is 0.461 e. The van der Waals surface area contributed by atoms with Crippen LogP contribution >= 0.6 is 0 Å². The van der Waals surface area contributed by atoms with E-state index in [2.05, 4.69) is 0 Å². The molecule has 0 aliphatic rings. The molecule has 0 bridgehead atoms. The number of hydrogen-bond acceptors (Lipinski definition) is 2. The van der Waals surface area contributed by atoms with Crippen molar-refractivity contribution < 1.29 is 8.81 Å². The van der Waals surface area contributed by atoms with Gasteiger partial charge in [0, 0.05) is 11.6 Å². The van der Waals surface area contributed by atoms with Crippen molar-refractivity contribution in [2.24, 2.45) is 5.73 Å². The number of para-hydroxylation sites is 1. The summed E-state index contributed by atoms with van der Waals surface area (Å²) in [4.78, 5) is 0. The van der Waals surface area contributed by atoms with Gasteiger partial charge in [-0.2, -0.15) is 0 Å². The average Bonchev–Trinajstić information content (AvgIpc) is 2.48. The maximum atomic E-state index is 13.1. The molecule has 2 rings (SSSR count). The van der Waals surface area contributed by atoms with Gasteiger partial charge in [-0.3, -0.25) is 0 Å². The molecule has 1 aromatic heterocycles. The third kappa shape index (κ3) is 1.21. The number of hydrogen-bond donors (Lipinski definition) is 1. The molecular weight excluding hydrogens is 169 g/mol. The lowest BCUT2D eigenvalue weighted by Gasteiger charge is -2.04. The number of halogens is 1. The minimum atomic E-state index is -0.336. The van der Waals surface area contributed by atoms with Gasteiger partial charge in [-0.05, 0) is 13.0 Å². The first kappa shape index (κ1) is 8.26. The van der Waals surface area contributed by atoms with E-state index in [1.54, 1.807) is 12.1 Å². The molecule has 2 nitrogen and oxygen atoms in total. The fourth-order valence-corrected chi connectivity index (χ4v) is 1.41. The van der Waals surface area contributed by atoms with Crippen molar-refractivity contribution in [3.63, 3.8) is 0 Å². The molecule has 0 aliphatic carbocycles. The van der Waals surface area contributed by atoms with Crippen LogP contribution in [-0.2, 0) is 0 Å². The van der Waals surface area contributed by atoms with E-state index in [-0.39, 0.29) is 11.9 Å². The van der Waals surface area contributed by atoms with E-state index in [1.807, 2.05) is 13.0 Å². The third-order valence-electron chi connectivity index (χ3n) is 2.07. The Kier molecular flexibility index (Phi) is 1.81. The van der Waals surface area contributed by atoms with Crippen molar-refractivity contribution in [3.8, 4) is 0 Å². The lowest BCUT2D eigenvalue weighted by Crippen LogP contribution is -2.04. The molecule has 13 heavy (non-hydrogen) atoms. The van der Waals surface area contributed by atoms with Crippen LogP contribution in [0.1, 0.15) is 18.5 Å². The lowest BCUT2D eigenvalue weighted by atomic mass is 10.1. The van der Waals surface area contributed by atoms with E-state index in [0.29, 0.717) is 11.0 Å². The molecule has 2 N–H and O–H groups in total. The first-order valence-electron chi connectivity index (χ1n) is 4.11. The van der Waals surface area contributed by atoms with Crippen LogP contribution in [0.2, 0.25) is 0 Å². The van der Waals surface area contributed by atoms with Crippen molar-refractivity contribution in [3.05, 3.63) is 35.8 Å².